The molecule has 2 heterocycles. The molecule has 2 aliphatic heterocycles. The standard InChI is InChI=1S/C17H22BrFO2/c1-11(2)17-9-15(16(3,21-17)8-14(17)18)20-10-12-6-4-5-7-13(12)19/h4-7,11,14-15H,8-10H2,1-3H3/t14-,15+,16-,17+/m1/s1. The van der Waals surface area contributed by atoms with E-state index in [-0.39, 0.29) is 23.1 Å². The van der Waals surface area contributed by atoms with E-state index in [0.717, 1.165) is 12.8 Å². The highest BCUT2D eigenvalue weighted by Gasteiger charge is 2.65. The zero-order chi connectivity index (χ0) is 15.3. The molecule has 1 aromatic rings. The predicted molar refractivity (Wildman–Crippen MR) is 84.0 cm³/mol. The largest absolute Gasteiger partial charge is 0.370 e. The Morgan fingerprint density at radius 2 is 2.10 bits per heavy atom. The predicted octanol–water partition coefficient (Wildman–Crippen LogP) is 4.45. The van der Waals surface area contributed by atoms with E-state index in [9.17, 15) is 4.39 Å². The molecule has 0 spiro atoms. The van der Waals surface area contributed by atoms with Gasteiger partial charge in [-0.25, -0.2) is 4.39 Å². The highest BCUT2D eigenvalue weighted by atomic mass is 79.9. The summed E-state index contributed by atoms with van der Waals surface area (Å²) in [7, 11) is 0. The van der Waals surface area contributed by atoms with Crippen molar-refractivity contribution in [3.8, 4) is 0 Å². The van der Waals surface area contributed by atoms with Crippen LogP contribution < -0.4 is 0 Å². The first-order valence-electron chi connectivity index (χ1n) is 7.57. The van der Waals surface area contributed by atoms with Crippen molar-refractivity contribution in [2.45, 2.75) is 62.4 Å². The van der Waals surface area contributed by atoms with E-state index in [1.54, 1.807) is 12.1 Å². The van der Waals surface area contributed by atoms with Gasteiger partial charge in [0, 0.05) is 16.8 Å². The number of hydrogen-bond acceptors (Lipinski definition) is 2. The molecule has 2 nitrogen and oxygen atoms in total. The molecule has 0 saturated carbocycles. The van der Waals surface area contributed by atoms with Crippen molar-refractivity contribution < 1.29 is 13.9 Å². The van der Waals surface area contributed by atoms with Crippen LogP contribution in [0.15, 0.2) is 24.3 Å². The smallest absolute Gasteiger partial charge is 0.128 e. The summed E-state index contributed by atoms with van der Waals surface area (Å²) in [5, 5.41) is 0. The molecule has 21 heavy (non-hydrogen) atoms. The van der Waals surface area contributed by atoms with E-state index < -0.39 is 0 Å². The van der Waals surface area contributed by atoms with Crippen molar-refractivity contribution in [1.82, 2.24) is 0 Å². The van der Waals surface area contributed by atoms with Crippen molar-refractivity contribution in [3.05, 3.63) is 35.6 Å². The van der Waals surface area contributed by atoms with Crippen LogP contribution in [0.3, 0.4) is 0 Å². The quantitative estimate of drug-likeness (QED) is 0.741. The molecule has 2 bridgehead atoms. The van der Waals surface area contributed by atoms with Crippen molar-refractivity contribution in [1.29, 1.82) is 0 Å². The van der Waals surface area contributed by atoms with Gasteiger partial charge in [-0.05, 0) is 25.3 Å². The molecular formula is C17H22BrFO2. The molecule has 0 unspecified atom stereocenters. The van der Waals surface area contributed by atoms with Crippen LogP contribution in [0.4, 0.5) is 4.39 Å². The van der Waals surface area contributed by atoms with Crippen LogP contribution in [0.2, 0.25) is 0 Å². The third kappa shape index (κ3) is 2.45. The lowest BCUT2D eigenvalue weighted by Crippen LogP contribution is -2.44. The van der Waals surface area contributed by atoms with Gasteiger partial charge >= 0.3 is 0 Å². The van der Waals surface area contributed by atoms with Gasteiger partial charge in [0.25, 0.3) is 0 Å². The molecule has 3 rings (SSSR count). The second-order valence-corrected chi connectivity index (χ2v) is 7.90. The number of rotatable bonds is 4. The van der Waals surface area contributed by atoms with Crippen LogP contribution in [0, 0.1) is 11.7 Å². The fourth-order valence-electron chi connectivity index (χ4n) is 3.70. The van der Waals surface area contributed by atoms with Crippen molar-refractivity contribution >= 4 is 15.9 Å². The topological polar surface area (TPSA) is 18.5 Å². The normalized spacial score (nSPS) is 38.4. The molecule has 2 fully saturated rings. The maximum absolute atomic E-state index is 13.7. The van der Waals surface area contributed by atoms with Gasteiger partial charge in [-0.15, -0.1) is 0 Å². The maximum Gasteiger partial charge on any atom is 0.128 e. The second-order valence-electron chi connectivity index (χ2n) is 6.79. The summed E-state index contributed by atoms with van der Waals surface area (Å²) < 4.78 is 26.1. The second kappa shape index (κ2) is 5.32. The SMILES string of the molecule is CC(C)[C@@]12C[C@H](OCc3ccccc3F)[C@@](C)(C[C@H]1Br)O2. The first-order chi connectivity index (χ1) is 9.87. The van der Waals surface area contributed by atoms with Gasteiger partial charge in [0.1, 0.15) is 5.82 Å². The molecule has 2 aliphatic rings. The molecule has 4 atom stereocenters. The molecule has 1 aromatic carbocycles. The summed E-state index contributed by atoms with van der Waals surface area (Å²) >= 11 is 3.78. The average Bonchev–Trinajstić information content (AvgIpc) is 2.86. The lowest BCUT2D eigenvalue weighted by molar-refractivity contribution is -0.0957. The van der Waals surface area contributed by atoms with Crippen molar-refractivity contribution in [2.24, 2.45) is 5.92 Å². The zero-order valence-corrected chi connectivity index (χ0v) is 14.3. The number of ether oxygens (including phenoxy) is 2. The third-order valence-corrected chi connectivity index (χ3v) is 6.20. The maximum atomic E-state index is 13.7. The summed E-state index contributed by atoms with van der Waals surface area (Å²) in [6.07, 6.45) is 1.83. The Kier molecular flexibility index (Phi) is 3.92. The van der Waals surface area contributed by atoms with Gasteiger partial charge in [-0.1, -0.05) is 48.0 Å². The van der Waals surface area contributed by atoms with Crippen molar-refractivity contribution in [3.63, 3.8) is 0 Å². The van der Waals surface area contributed by atoms with Crippen LogP contribution in [0.1, 0.15) is 39.2 Å². The van der Waals surface area contributed by atoms with Crippen LogP contribution in [0.5, 0.6) is 0 Å². The van der Waals surface area contributed by atoms with Gasteiger partial charge in [0.15, 0.2) is 0 Å². The fraction of sp³-hybridized carbons (Fsp3) is 0.647. The molecule has 4 heteroatoms. The van der Waals surface area contributed by atoms with Crippen molar-refractivity contribution in [2.75, 3.05) is 0 Å². The summed E-state index contributed by atoms with van der Waals surface area (Å²) in [5.41, 5.74) is 0.177. The Labute approximate surface area is 134 Å². The zero-order valence-electron chi connectivity index (χ0n) is 12.7. The Morgan fingerprint density at radius 1 is 1.38 bits per heavy atom. The molecule has 0 amide bonds. The van der Waals surface area contributed by atoms with Gasteiger partial charge in [0.05, 0.1) is 23.9 Å². The number of hydrogen-bond donors (Lipinski definition) is 0. The molecule has 0 N–H and O–H groups in total. The minimum absolute atomic E-state index is 0.0216. The number of fused-ring (bicyclic) bond motifs is 2. The molecule has 0 radical (unpaired) electrons. The van der Waals surface area contributed by atoms with Gasteiger partial charge in [-0.2, -0.15) is 0 Å². The van der Waals surface area contributed by atoms with E-state index in [1.165, 1.54) is 6.07 Å². The first-order valence-corrected chi connectivity index (χ1v) is 8.48. The Bertz CT molecular complexity index is 535. The summed E-state index contributed by atoms with van der Waals surface area (Å²) in [6.45, 7) is 6.81. The Balaban J connectivity index is 1.73. The lowest BCUT2D eigenvalue weighted by atomic mass is 9.75. The number of alkyl halides is 1. The minimum atomic E-state index is -0.274. The summed E-state index contributed by atoms with van der Waals surface area (Å²) in [4.78, 5) is 0.364. The average molecular weight is 357 g/mol. The number of halogens is 2. The fourth-order valence-corrected chi connectivity index (χ4v) is 5.15. The summed E-state index contributed by atoms with van der Waals surface area (Å²) in [5.74, 6) is 0.217. The first kappa shape index (κ1) is 15.4. The van der Waals surface area contributed by atoms with Crippen LogP contribution in [-0.4, -0.2) is 22.1 Å². The highest BCUT2D eigenvalue weighted by Crippen LogP contribution is 2.57. The van der Waals surface area contributed by atoms with Gasteiger partial charge < -0.3 is 9.47 Å². The molecule has 0 aliphatic carbocycles. The van der Waals surface area contributed by atoms with E-state index >= 15 is 0 Å². The van der Waals surface area contributed by atoms with Crippen LogP contribution >= 0.6 is 15.9 Å². The third-order valence-electron chi connectivity index (χ3n) is 5.10. The van der Waals surface area contributed by atoms with Gasteiger partial charge in [-0.3, -0.25) is 0 Å². The Morgan fingerprint density at radius 3 is 2.71 bits per heavy atom. The van der Waals surface area contributed by atoms with Gasteiger partial charge in [0.2, 0.25) is 0 Å². The van der Waals surface area contributed by atoms with Crippen LogP contribution in [0.25, 0.3) is 0 Å². The molecule has 0 aromatic heterocycles. The highest BCUT2D eigenvalue weighted by molar-refractivity contribution is 9.09. The molecular weight excluding hydrogens is 335 g/mol. The van der Waals surface area contributed by atoms with E-state index in [1.807, 2.05) is 6.07 Å². The lowest BCUT2D eigenvalue weighted by Gasteiger charge is -2.35. The Hall–Kier alpha value is -0.450. The summed E-state index contributed by atoms with van der Waals surface area (Å²) in [6, 6.07) is 6.79. The minimum Gasteiger partial charge on any atom is -0.370 e. The van der Waals surface area contributed by atoms with E-state index in [0.29, 0.717) is 22.9 Å². The molecule has 116 valence electrons. The van der Waals surface area contributed by atoms with E-state index in [4.69, 9.17) is 9.47 Å². The molecule has 2 saturated heterocycles. The van der Waals surface area contributed by atoms with Crippen LogP contribution in [-0.2, 0) is 16.1 Å². The monoisotopic (exact) mass is 356 g/mol. The number of benzene rings is 1. The van der Waals surface area contributed by atoms with E-state index in [2.05, 4.69) is 36.7 Å².